The number of ether oxygens (including phenoxy) is 2. The number of nitrogens with zero attached hydrogens (tertiary/aromatic N) is 1. The van der Waals surface area contributed by atoms with Crippen molar-refractivity contribution < 1.29 is 19.7 Å². The Kier molecular flexibility index (Phi) is 6.67. The highest BCUT2D eigenvalue weighted by Gasteiger charge is 2.28. The zero-order valence-electron chi connectivity index (χ0n) is 16.7. The second-order valence-corrected chi connectivity index (χ2v) is 7.77. The molecule has 3 atom stereocenters. The second-order valence-electron chi connectivity index (χ2n) is 7.77. The van der Waals surface area contributed by atoms with Crippen molar-refractivity contribution in [3.63, 3.8) is 0 Å². The predicted molar refractivity (Wildman–Crippen MR) is 111 cm³/mol. The van der Waals surface area contributed by atoms with Crippen LogP contribution in [0.4, 0.5) is 0 Å². The van der Waals surface area contributed by atoms with Gasteiger partial charge in [0.15, 0.2) is 11.5 Å². The first-order valence-electron chi connectivity index (χ1n) is 10.5. The van der Waals surface area contributed by atoms with Crippen molar-refractivity contribution in [3.05, 3.63) is 59.7 Å². The number of hydrogen-bond acceptors (Lipinski definition) is 6. The molecule has 0 amide bonds. The topological polar surface area (TPSA) is 74.2 Å². The first kappa shape index (κ1) is 20.2. The van der Waals surface area contributed by atoms with E-state index < -0.39 is 6.10 Å². The van der Waals surface area contributed by atoms with Crippen molar-refractivity contribution in [2.45, 2.75) is 31.0 Å². The summed E-state index contributed by atoms with van der Waals surface area (Å²) < 4.78 is 11.3. The third-order valence-electron chi connectivity index (χ3n) is 5.74. The molecule has 6 nitrogen and oxygen atoms in total. The predicted octanol–water partition coefficient (Wildman–Crippen LogP) is 2.28. The number of benzene rings is 2. The van der Waals surface area contributed by atoms with Crippen molar-refractivity contribution in [3.8, 4) is 11.5 Å². The number of rotatable bonds is 8. The van der Waals surface area contributed by atoms with E-state index in [0.29, 0.717) is 24.7 Å². The summed E-state index contributed by atoms with van der Waals surface area (Å²) >= 11 is 0. The van der Waals surface area contributed by atoms with Crippen LogP contribution in [-0.2, 0) is 0 Å². The van der Waals surface area contributed by atoms with Crippen LogP contribution >= 0.6 is 0 Å². The maximum atomic E-state index is 11.3. The molecular formula is C23H30N2O4. The molecule has 0 aromatic heterocycles. The van der Waals surface area contributed by atoms with Crippen molar-refractivity contribution in [2.24, 2.45) is 0 Å². The Hall–Kier alpha value is -2.12. The van der Waals surface area contributed by atoms with E-state index >= 15 is 0 Å². The lowest BCUT2D eigenvalue weighted by Crippen LogP contribution is -2.46. The molecule has 1 fully saturated rings. The number of nitrogens with one attached hydrogen (secondary N) is 1. The number of fused-ring (bicyclic) bond motifs is 1. The van der Waals surface area contributed by atoms with Crippen LogP contribution in [0.15, 0.2) is 48.5 Å². The molecule has 2 unspecified atom stereocenters. The zero-order valence-corrected chi connectivity index (χ0v) is 16.7. The van der Waals surface area contributed by atoms with Crippen LogP contribution in [0.1, 0.15) is 36.1 Å². The Morgan fingerprint density at radius 2 is 1.66 bits per heavy atom. The van der Waals surface area contributed by atoms with E-state index in [0.717, 1.165) is 30.8 Å². The average molecular weight is 399 g/mol. The molecule has 0 aliphatic carbocycles. The molecule has 2 aromatic rings. The number of aliphatic hydroxyl groups excluding tert-OH is 2. The van der Waals surface area contributed by atoms with Crippen molar-refractivity contribution in [2.75, 3.05) is 39.5 Å². The standard InChI is InChI=1S/C23H30N2O4/c26-16-20(17-6-2-1-3-7-17)24-19(15-25-10-4-5-11-25)23(27)18-8-9-21-22(14-18)29-13-12-28-21/h1-3,6-9,14,19-20,23-24,26-27H,4-5,10-13,15-16H2/t19-,20?,23?/m1/s1. The molecule has 0 bridgehead atoms. The molecule has 1 saturated heterocycles. The SMILES string of the molecule is OCC(N[C@H](CN1CCCC1)C(O)c1ccc2c(c1)OCCO2)c1ccccc1. The maximum Gasteiger partial charge on any atom is 0.161 e. The summed E-state index contributed by atoms with van der Waals surface area (Å²) in [5.41, 5.74) is 1.80. The molecule has 6 heteroatoms. The van der Waals surface area contributed by atoms with Crippen molar-refractivity contribution in [1.29, 1.82) is 0 Å². The van der Waals surface area contributed by atoms with Gasteiger partial charge >= 0.3 is 0 Å². The van der Waals surface area contributed by atoms with E-state index in [1.165, 1.54) is 12.8 Å². The summed E-state index contributed by atoms with van der Waals surface area (Å²) in [6, 6.07) is 15.0. The Balaban J connectivity index is 1.55. The molecule has 0 radical (unpaired) electrons. The van der Waals surface area contributed by atoms with E-state index in [4.69, 9.17) is 9.47 Å². The summed E-state index contributed by atoms with van der Waals surface area (Å²) in [6.45, 7) is 3.83. The van der Waals surface area contributed by atoms with Crippen LogP contribution in [0.5, 0.6) is 11.5 Å². The summed E-state index contributed by atoms with van der Waals surface area (Å²) in [7, 11) is 0. The number of aliphatic hydroxyl groups is 2. The van der Waals surface area contributed by atoms with Crippen LogP contribution < -0.4 is 14.8 Å². The third kappa shape index (κ3) is 4.90. The fourth-order valence-electron chi connectivity index (χ4n) is 4.16. The highest BCUT2D eigenvalue weighted by Crippen LogP contribution is 2.34. The van der Waals surface area contributed by atoms with Gasteiger partial charge in [-0.3, -0.25) is 0 Å². The zero-order chi connectivity index (χ0) is 20.1. The third-order valence-corrected chi connectivity index (χ3v) is 5.74. The summed E-state index contributed by atoms with van der Waals surface area (Å²) in [5, 5.41) is 24.8. The minimum Gasteiger partial charge on any atom is -0.486 e. The van der Waals surface area contributed by atoms with Gasteiger partial charge in [-0.2, -0.15) is 0 Å². The Bertz CT molecular complexity index is 780. The van der Waals surface area contributed by atoms with Gasteiger partial charge in [0.25, 0.3) is 0 Å². The molecule has 2 heterocycles. The van der Waals surface area contributed by atoms with E-state index in [1.807, 2.05) is 48.5 Å². The molecule has 4 rings (SSSR count). The Labute approximate surface area is 172 Å². The minimum absolute atomic E-state index is 0.0334. The normalized spacial score (nSPS) is 19.7. The largest absolute Gasteiger partial charge is 0.486 e. The average Bonchev–Trinajstić information content (AvgIpc) is 3.29. The van der Waals surface area contributed by atoms with Gasteiger partial charge in [-0.05, 0) is 49.2 Å². The summed E-state index contributed by atoms with van der Waals surface area (Å²) in [6.07, 6.45) is 1.65. The molecule has 156 valence electrons. The fourth-order valence-corrected chi connectivity index (χ4v) is 4.16. The number of hydrogen-bond donors (Lipinski definition) is 3. The Morgan fingerprint density at radius 1 is 0.931 bits per heavy atom. The smallest absolute Gasteiger partial charge is 0.161 e. The lowest BCUT2D eigenvalue weighted by Gasteiger charge is -2.32. The highest BCUT2D eigenvalue weighted by molar-refractivity contribution is 5.44. The van der Waals surface area contributed by atoms with Gasteiger partial charge in [-0.15, -0.1) is 0 Å². The fraction of sp³-hybridized carbons (Fsp3) is 0.478. The lowest BCUT2D eigenvalue weighted by atomic mass is 9.98. The van der Waals surface area contributed by atoms with Gasteiger partial charge in [0.1, 0.15) is 13.2 Å². The molecular weight excluding hydrogens is 368 g/mol. The molecule has 0 spiro atoms. The van der Waals surface area contributed by atoms with Crippen molar-refractivity contribution >= 4 is 0 Å². The Morgan fingerprint density at radius 3 is 2.38 bits per heavy atom. The van der Waals surface area contributed by atoms with Gasteiger partial charge in [0.05, 0.1) is 24.8 Å². The van der Waals surface area contributed by atoms with Gasteiger partial charge in [-0.25, -0.2) is 0 Å². The maximum absolute atomic E-state index is 11.3. The molecule has 2 aliphatic rings. The van der Waals surface area contributed by atoms with Crippen LogP contribution in [-0.4, -0.2) is 60.6 Å². The first-order valence-corrected chi connectivity index (χ1v) is 10.5. The van der Waals surface area contributed by atoms with E-state index in [1.54, 1.807) is 0 Å². The summed E-state index contributed by atoms with van der Waals surface area (Å²) in [5.74, 6) is 1.39. The minimum atomic E-state index is -0.732. The molecule has 0 saturated carbocycles. The van der Waals surface area contributed by atoms with E-state index in [-0.39, 0.29) is 18.7 Å². The highest BCUT2D eigenvalue weighted by atomic mass is 16.6. The van der Waals surface area contributed by atoms with Crippen molar-refractivity contribution in [1.82, 2.24) is 10.2 Å². The van der Waals surface area contributed by atoms with Crippen LogP contribution in [0.3, 0.4) is 0 Å². The summed E-state index contributed by atoms with van der Waals surface area (Å²) in [4.78, 5) is 2.37. The monoisotopic (exact) mass is 398 g/mol. The van der Waals surface area contributed by atoms with Gasteiger partial charge in [0, 0.05) is 6.54 Å². The van der Waals surface area contributed by atoms with Gasteiger partial charge in [0.2, 0.25) is 0 Å². The van der Waals surface area contributed by atoms with E-state index in [9.17, 15) is 10.2 Å². The van der Waals surface area contributed by atoms with Gasteiger partial charge in [-0.1, -0.05) is 36.4 Å². The van der Waals surface area contributed by atoms with Crippen LogP contribution in [0.25, 0.3) is 0 Å². The van der Waals surface area contributed by atoms with Crippen LogP contribution in [0.2, 0.25) is 0 Å². The molecule has 3 N–H and O–H groups in total. The molecule has 2 aromatic carbocycles. The quantitative estimate of drug-likeness (QED) is 0.634. The first-order chi connectivity index (χ1) is 14.2. The van der Waals surface area contributed by atoms with Gasteiger partial charge < -0.3 is 29.9 Å². The lowest BCUT2D eigenvalue weighted by molar-refractivity contribution is 0.0908. The van der Waals surface area contributed by atoms with Crippen LogP contribution in [0, 0.1) is 0 Å². The number of likely N-dealkylation sites (tertiary alicyclic amines) is 1. The second kappa shape index (κ2) is 9.59. The van der Waals surface area contributed by atoms with E-state index in [2.05, 4.69) is 10.2 Å². The molecule has 29 heavy (non-hydrogen) atoms. The molecule has 2 aliphatic heterocycles.